The number of aliphatic hydroxyl groups excluding tert-OH is 4. The van der Waals surface area contributed by atoms with E-state index in [0.717, 1.165) is 54.5 Å². The monoisotopic (exact) mass is 966 g/mol. The quantitative estimate of drug-likeness (QED) is 0.0627. The molecule has 4 aromatic rings. The molecule has 5 rings (SSSR count). The van der Waals surface area contributed by atoms with Crippen LogP contribution in [0.2, 0.25) is 0 Å². The van der Waals surface area contributed by atoms with Gasteiger partial charge in [-0.3, -0.25) is 9.59 Å². The van der Waals surface area contributed by atoms with Gasteiger partial charge in [-0.05, 0) is 79.2 Å². The highest BCUT2D eigenvalue weighted by Gasteiger charge is 2.31. The van der Waals surface area contributed by atoms with E-state index in [0.29, 0.717) is 49.4 Å². The molecule has 0 spiro atoms. The van der Waals surface area contributed by atoms with Crippen molar-refractivity contribution in [2.45, 2.75) is 89.6 Å². The number of carbonyl (C=O) groups is 5. The Balaban J connectivity index is 0.000000509. The van der Waals surface area contributed by atoms with E-state index < -0.39 is 71.7 Å². The maximum atomic E-state index is 14.4. The van der Waals surface area contributed by atoms with Gasteiger partial charge in [-0.25, -0.2) is 28.0 Å². The molecule has 1 aliphatic rings. The SMILES string of the molecule is CCN(CC)CCN(Cc1ccc(-c2ccc(C(F)(F)F)cc2)cc1)C(=O)Cn1c(CCc2cccc(F)c2F)nc(=O)c2c1CCC2.O=C(O)C(O)C(O)C(=O)O.O=C(O)C(O)C(O)C(=O)O. The fourth-order valence-electron chi connectivity index (χ4n) is 6.77. The molecule has 68 heavy (non-hydrogen) atoms. The van der Waals surface area contributed by atoms with Gasteiger partial charge in [0.15, 0.2) is 36.1 Å². The fourth-order valence-corrected chi connectivity index (χ4v) is 6.77. The van der Waals surface area contributed by atoms with Gasteiger partial charge in [-0.1, -0.05) is 62.4 Å². The third kappa shape index (κ3) is 15.7. The number of carboxylic acid groups (broad SMARTS) is 4. The molecule has 370 valence electrons. The summed E-state index contributed by atoms with van der Waals surface area (Å²) >= 11 is 0. The first-order chi connectivity index (χ1) is 31.9. The first-order valence-corrected chi connectivity index (χ1v) is 20.9. The van der Waals surface area contributed by atoms with E-state index in [1.807, 2.05) is 24.3 Å². The molecule has 1 aromatic heterocycles. The molecule has 0 aliphatic heterocycles. The average Bonchev–Trinajstić information content (AvgIpc) is 3.81. The average molecular weight is 967 g/mol. The number of amides is 1. The zero-order valence-electron chi connectivity index (χ0n) is 36.6. The lowest BCUT2D eigenvalue weighted by atomic mass is 10.0. The van der Waals surface area contributed by atoms with Crippen molar-refractivity contribution in [1.82, 2.24) is 19.4 Å². The summed E-state index contributed by atoms with van der Waals surface area (Å²) in [4.78, 5) is 74.4. The number of aryl methyl sites for hydroxylation is 2. The molecule has 1 amide bonds. The summed E-state index contributed by atoms with van der Waals surface area (Å²) in [7, 11) is 0. The van der Waals surface area contributed by atoms with Gasteiger partial charge in [0.2, 0.25) is 5.91 Å². The van der Waals surface area contributed by atoms with Crippen molar-refractivity contribution in [3.8, 4) is 11.1 Å². The second-order valence-corrected chi connectivity index (χ2v) is 15.2. The molecule has 1 heterocycles. The van der Waals surface area contributed by atoms with Crippen molar-refractivity contribution >= 4 is 29.8 Å². The highest BCUT2D eigenvalue weighted by Crippen LogP contribution is 2.31. The Morgan fingerprint density at radius 3 is 1.68 bits per heavy atom. The van der Waals surface area contributed by atoms with E-state index in [9.17, 15) is 50.7 Å². The Morgan fingerprint density at radius 1 is 0.706 bits per heavy atom. The second-order valence-electron chi connectivity index (χ2n) is 15.2. The third-order valence-electron chi connectivity index (χ3n) is 10.7. The number of nitrogens with zero attached hydrogens (tertiary/aromatic N) is 4. The Morgan fingerprint density at radius 2 is 1.21 bits per heavy atom. The van der Waals surface area contributed by atoms with E-state index in [1.54, 1.807) is 9.47 Å². The molecule has 0 radical (unpaired) electrons. The van der Waals surface area contributed by atoms with Gasteiger partial charge in [0, 0.05) is 37.3 Å². The van der Waals surface area contributed by atoms with Crippen LogP contribution in [0.3, 0.4) is 0 Å². The number of benzene rings is 3. The number of halogens is 5. The summed E-state index contributed by atoms with van der Waals surface area (Å²) in [6, 6.07) is 16.4. The van der Waals surface area contributed by atoms with Gasteiger partial charge in [-0.2, -0.15) is 18.2 Å². The normalized spacial score (nSPS) is 13.7. The summed E-state index contributed by atoms with van der Waals surface area (Å²) in [5, 5.41) is 65.1. The molecule has 0 saturated heterocycles. The van der Waals surface area contributed by atoms with Crippen molar-refractivity contribution in [2.75, 3.05) is 26.2 Å². The Bertz CT molecular complexity index is 2360. The topological polar surface area (TPSA) is 289 Å². The molecule has 23 heteroatoms. The molecular weight excluding hydrogens is 915 g/mol. The van der Waals surface area contributed by atoms with Crippen molar-refractivity contribution in [2.24, 2.45) is 0 Å². The van der Waals surface area contributed by atoms with E-state index in [-0.39, 0.29) is 36.4 Å². The number of likely N-dealkylation sites (N-methyl/N-ethyl adjacent to an activating group) is 1. The number of fused-ring (bicyclic) bond motifs is 1. The van der Waals surface area contributed by atoms with E-state index in [4.69, 9.17) is 40.9 Å². The Kier molecular flexibility index (Phi) is 20.8. The Labute approximate surface area is 384 Å². The van der Waals surface area contributed by atoms with E-state index in [1.165, 1.54) is 24.3 Å². The van der Waals surface area contributed by atoms with Gasteiger partial charge >= 0.3 is 30.1 Å². The lowest BCUT2D eigenvalue weighted by molar-refractivity contribution is -0.165. The van der Waals surface area contributed by atoms with Crippen LogP contribution in [-0.4, -0.2) is 141 Å². The molecule has 4 atom stereocenters. The minimum absolute atomic E-state index is 0.0571. The van der Waals surface area contributed by atoms with E-state index in [2.05, 4.69) is 23.7 Å². The van der Waals surface area contributed by atoms with Crippen LogP contribution >= 0.6 is 0 Å². The lowest BCUT2D eigenvalue weighted by Crippen LogP contribution is -2.40. The number of carbonyl (C=O) groups excluding carboxylic acids is 1. The van der Waals surface area contributed by atoms with Crippen LogP contribution in [0.1, 0.15) is 54.0 Å². The number of carboxylic acids is 4. The molecule has 18 nitrogen and oxygen atoms in total. The number of hydrogen-bond donors (Lipinski definition) is 8. The zero-order valence-corrected chi connectivity index (χ0v) is 36.6. The number of hydrogen-bond acceptors (Lipinski definition) is 12. The molecule has 0 bridgehead atoms. The number of aliphatic hydroxyl groups is 4. The number of aliphatic carboxylic acids is 4. The van der Waals surface area contributed by atoms with Crippen LogP contribution < -0.4 is 5.56 Å². The van der Waals surface area contributed by atoms with Crippen molar-refractivity contribution in [3.05, 3.63) is 122 Å². The highest BCUT2D eigenvalue weighted by molar-refractivity contribution is 5.83. The van der Waals surface area contributed by atoms with Gasteiger partial charge < -0.3 is 55.2 Å². The summed E-state index contributed by atoms with van der Waals surface area (Å²) in [6.07, 6.45) is -11.3. The van der Waals surface area contributed by atoms with Crippen LogP contribution in [0.4, 0.5) is 22.0 Å². The molecule has 0 saturated carbocycles. The van der Waals surface area contributed by atoms with Crippen LogP contribution in [0.5, 0.6) is 0 Å². The number of alkyl halides is 3. The highest BCUT2D eigenvalue weighted by atomic mass is 19.4. The molecular formula is C45H51F5N4O14. The van der Waals surface area contributed by atoms with Gasteiger partial charge in [0.25, 0.3) is 5.56 Å². The molecule has 4 unspecified atom stereocenters. The lowest BCUT2D eigenvalue weighted by Gasteiger charge is -2.28. The van der Waals surface area contributed by atoms with Crippen molar-refractivity contribution < 1.29 is 86.8 Å². The third-order valence-corrected chi connectivity index (χ3v) is 10.7. The van der Waals surface area contributed by atoms with Gasteiger partial charge in [-0.15, -0.1) is 0 Å². The largest absolute Gasteiger partial charge is 0.479 e. The molecule has 3 aromatic carbocycles. The fraction of sp³-hybridized carbons (Fsp3) is 0.400. The zero-order chi connectivity index (χ0) is 51.0. The van der Waals surface area contributed by atoms with Crippen molar-refractivity contribution in [1.29, 1.82) is 0 Å². The predicted octanol–water partition coefficient (Wildman–Crippen LogP) is 2.61. The second kappa shape index (κ2) is 25.5. The maximum absolute atomic E-state index is 14.4. The molecule has 1 aliphatic carbocycles. The van der Waals surface area contributed by atoms with Gasteiger partial charge in [0.05, 0.1) is 5.56 Å². The minimum atomic E-state index is -4.41. The number of aromatic nitrogens is 2. The molecule has 0 fully saturated rings. The van der Waals surface area contributed by atoms with Crippen LogP contribution in [0, 0.1) is 11.6 Å². The summed E-state index contributed by atoms with van der Waals surface area (Å²) in [5.41, 5.74) is 2.73. The standard InChI is InChI=1S/C37H39F5N4O2.2C4H6O6/c1-3-44(4-2)21-22-45(23-25-11-13-26(14-12-25)27-15-18-29(19-16-27)37(40,41)42)34(47)24-46-32-10-6-8-30(32)36(48)43-33(46)20-17-28-7-5-9-31(38)35(28)39;2*5-1(3(7)8)2(6)4(9)10/h5,7,9,11-16,18-19H,3-4,6,8,10,17,20-24H2,1-2H3;2*1-2,5-6H,(H,7,8)(H,9,10). The minimum Gasteiger partial charge on any atom is -0.479 e. The first kappa shape index (κ1) is 55.7. The smallest absolute Gasteiger partial charge is 0.416 e. The molecule has 8 N–H and O–H groups in total. The summed E-state index contributed by atoms with van der Waals surface area (Å²) in [5.74, 6) is -8.77. The Hall–Kier alpha value is -6.66. The maximum Gasteiger partial charge on any atom is 0.416 e. The van der Waals surface area contributed by atoms with Crippen LogP contribution in [-0.2, 0) is 68.9 Å². The van der Waals surface area contributed by atoms with Crippen molar-refractivity contribution in [3.63, 3.8) is 0 Å². The number of rotatable bonds is 19. The summed E-state index contributed by atoms with van der Waals surface area (Å²) < 4.78 is 69.2. The predicted molar refractivity (Wildman–Crippen MR) is 229 cm³/mol. The van der Waals surface area contributed by atoms with Crippen LogP contribution in [0.15, 0.2) is 71.5 Å². The first-order valence-electron chi connectivity index (χ1n) is 20.9. The van der Waals surface area contributed by atoms with Crippen LogP contribution in [0.25, 0.3) is 11.1 Å². The van der Waals surface area contributed by atoms with Gasteiger partial charge in [0.1, 0.15) is 12.4 Å². The summed E-state index contributed by atoms with van der Waals surface area (Å²) in [6.45, 7) is 7.08. The van der Waals surface area contributed by atoms with E-state index >= 15 is 0 Å².